The third kappa shape index (κ3) is 4.54. The Morgan fingerprint density at radius 1 is 1.04 bits per heavy atom. The van der Waals surface area contributed by atoms with Gasteiger partial charge in [0.05, 0.1) is 26.9 Å². The molecular weight excluding hydrogens is 338 g/mol. The highest BCUT2D eigenvalue weighted by atomic mass is 32.2. The minimum absolute atomic E-state index is 0.0580. The zero-order valence-electron chi connectivity index (χ0n) is 14.0. The number of hydrogen-bond acceptors (Lipinski definition) is 5. The maximum atomic E-state index is 12.3. The maximum Gasteiger partial charge on any atom is 0.183 e. The number of hydroxylamine groups is 1. The molecule has 0 bridgehead atoms. The van der Waals surface area contributed by atoms with Gasteiger partial charge < -0.3 is 5.21 Å². The first-order valence-corrected chi connectivity index (χ1v) is 10.6. The van der Waals surface area contributed by atoms with E-state index >= 15 is 0 Å². The van der Waals surface area contributed by atoms with Gasteiger partial charge in [-0.3, -0.25) is 0 Å². The average molecular weight is 361 g/mol. The van der Waals surface area contributed by atoms with E-state index in [1.165, 1.54) is 32.2 Å². The second-order valence-electron chi connectivity index (χ2n) is 6.13. The summed E-state index contributed by atoms with van der Waals surface area (Å²) in [5.74, 6) is -0.310. The second-order valence-corrected chi connectivity index (χ2v) is 10.7. The Kier molecular flexibility index (Phi) is 5.64. The SMILES string of the molecule is CCS(=O)(=O)c1ccc(/C=[N+](\[O-])C(C)(C)C)c(S(=O)(=O)CC)c1. The van der Waals surface area contributed by atoms with E-state index in [1.807, 2.05) is 0 Å². The second kappa shape index (κ2) is 6.60. The first-order valence-electron chi connectivity index (χ1n) is 7.26. The van der Waals surface area contributed by atoms with Crippen molar-refractivity contribution in [1.29, 1.82) is 0 Å². The smallest absolute Gasteiger partial charge is 0.183 e. The third-order valence-corrected chi connectivity index (χ3v) is 6.87. The molecule has 0 spiro atoms. The quantitative estimate of drug-likeness (QED) is 0.346. The zero-order chi connectivity index (χ0) is 18.1. The monoisotopic (exact) mass is 361 g/mol. The average Bonchev–Trinajstić information content (AvgIpc) is 2.46. The van der Waals surface area contributed by atoms with E-state index in [4.69, 9.17) is 0 Å². The van der Waals surface area contributed by atoms with Gasteiger partial charge in [0, 0.05) is 20.8 Å². The largest absolute Gasteiger partial charge is 0.623 e. The fourth-order valence-electron chi connectivity index (χ4n) is 1.73. The molecule has 0 aromatic heterocycles. The van der Waals surface area contributed by atoms with Crippen molar-refractivity contribution < 1.29 is 21.6 Å². The molecule has 0 unspecified atom stereocenters. The lowest BCUT2D eigenvalue weighted by Crippen LogP contribution is -2.29. The molecule has 130 valence electrons. The summed E-state index contributed by atoms with van der Waals surface area (Å²) >= 11 is 0. The van der Waals surface area contributed by atoms with E-state index < -0.39 is 25.2 Å². The molecule has 1 rings (SSSR count). The Labute approximate surface area is 138 Å². The van der Waals surface area contributed by atoms with Gasteiger partial charge in [0.25, 0.3) is 0 Å². The van der Waals surface area contributed by atoms with Gasteiger partial charge >= 0.3 is 0 Å². The highest BCUT2D eigenvalue weighted by Gasteiger charge is 2.24. The molecule has 0 aliphatic heterocycles. The first-order chi connectivity index (χ1) is 10.3. The predicted octanol–water partition coefficient (Wildman–Crippen LogP) is 2.00. The summed E-state index contributed by atoms with van der Waals surface area (Å²) in [6.07, 6.45) is 1.19. The number of benzene rings is 1. The molecule has 0 heterocycles. The van der Waals surface area contributed by atoms with Crippen LogP contribution in [0.3, 0.4) is 0 Å². The van der Waals surface area contributed by atoms with Gasteiger partial charge in [0.1, 0.15) is 0 Å². The number of hydrogen-bond donors (Lipinski definition) is 0. The van der Waals surface area contributed by atoms with E-state index in [0.29, 0.717) is 4.74 Å². The zero-order valence-corrected chi connectivity index (χ0v) is 15.7. The van der Waals surface area contributed by atoms with E-state index in [0.717, 1.165) is 6.07 Å². The summed E-state index contributed by atoms with van der Waals surface area (Å²) in [6.45, 7) is 8.04. The molecule has 1 aromatic carbocycles. The Balaban J connectivity index is 3.68. The Hall–Kier alpha value is -1.41. The van der Waals surface area contributed by atoms with E-state index in [9.17, 15) is 22.0 Å². The molecule has 0 radical (unpaired) electrons. The van der Waals surface area contributed by atoms with Crippen LogP contribution in [0, 0.1) is 5.21 Å². The van der Waals surface area contributed by atoms with Crippen molar-refractivity contribution in [2.24, 2.45) is 0 Å². The van der Waals surface area contributed by atoms with Gasteiger partial charge in [0.15, 0.2) is 31.4 Å². The van der Waals surface area contributed by atoms with Crippen LogP contribution >= 0.6 is 0 Å². The lowest BCUT2D eigenvalue weighted by Gasteiger charge is -2.19. The van der Waals surface area contributed by atoms with E-state index in [2.05, 4.69) is 0 Å². The third-order valence-electron chi connectivity index (χ3n) is 3.36. The van der Waals surface area contributed by atoms with Crippen LogP contribution in [0.15, 0.2) is 28.0 Å². The van der Waals surface area contributed by atoms with Gasteiger partial charge in [-0.1, -0.05) is 13.8 Å². The van der Waals surface area contributed by atoms with Gasteiger partial charge in [0.2, 0.25) is 0 Å². The number of rotatable bonds is 5. The summed E-state index contributed by atoms with van der Waals surface area (Å²) in [5, 5.41) is 12.1. The van der Waals surface area contributed by atoms with Gasteiger partial charge in [-0.05, 0) is 18.2 Å². The summed E-state index contributed by atoms with van der Waals surface area (Å²) in [5.41, 5.74) is -0.548. The summed E-state index contributed by atoms with van der Waals surface area (Å²) in [7, 11) is -7.21. The fraction of sp³-hybridized carbons (Fsp3) is 0.533. The normalized spacial score (nSPS) is 14.0. The van der Waals surface area contributed by atoms with Crippen molar-refractivity contribution in [1.82, 2.24) is 0 Å². The minimum Gasteiger partial charge on any atom is -0.623 e. The van der Waals surface area contributed by atoms with Gasteiger partial charge in [-0.2, -0.15) is 0 Å². The van der Waals surface area contributed by atoms with Crippen molar-refractivity contribution >= 4 is 25.9 Å². The molecule has 23 heavy (non-hydrogen) atoms. The Morgan fingerprint density at radius 3 is 2.00 bits per heavy atom. The molecule has 0 N–H and O–H groups in total. The molecule has 6 nitrogen and oxygen atoms in total. The van der Waals surface area contributed by atoms with Crippen molar-refractivity contribution in [3.05, 3.63) is 29.0 Å². The topological polar surface area (TPSA) is 94.3 Å². The lowest BCUT2D eigenvalue weighted by atomic mass is 10.1. The minimum atomic E-state index is -3.67. The van der Waals surface area contributed by atoms with Crippen LogP contribution in [-0.2, 0) is 19.7 Å². The maximum absolute atomic E-state index is 12.3. The van der Waals surface area contributed by atoms with Crippen LogP contribution in [0.1, 0.15) is 40.2 Å². The van der Waals surface area contributed by atoms with E-state index in [1.54, 1.807) is 20.8 Å². The summed E-state index contributed by atoms with van der Waals surface area (Å²) in [6, 6.07) is 3.83. The van der Waals surface area contributed by atoms with Crippen LogP contribution in [0.4, 0.5) is 0 Å². The number of sulfone groups is 2. The van der Waals surface area contributed by atoms with Crippen molar-refractivity contribution in [3.63, 3.8) is 0 Å². The lowest BCUT2D eigenvalue weighted by molar-refractivity contribution is -0.530. The van der Waals surface area contributed by atoms with Crippen LogP contribution in [-0.4, -0.2) is 44.8 Å². The highest BCUT2D eigenvalue weighted by Crippen LogP contribution is 2.22. The molecule has 8 heteroatoms. The Bertz CT molecular complexity index is 816. The van der Waals surface area contributed by atoms with E-state index in [-0.39, 0.29) is 26.9 Å². The molecule has 0 aliphatic carbocycles. The molecule has 0 aliphatic rings. The first kappa shape index (κ1) is 19.6. The summed E-state index contributed by atoms with van der Waals surface area (Å²) in [4.78, 5) is -0.197. The standard InChI is InChI=1S/C15H23NO5S2/c1-6-22(18,19)13-9-8-12(11-16(17)15(3,4)5)14(10-13)23(20,21)7-2/h8-11H,6-7H2,1-5H3/b16-11-. The fourth-order valence-corrected chi connectivity index (χ4v) is 3.80. The van der Waals surface area contributed by atoms with Crippen LogP contribution in [0.5, 0.6) is 0 Å². The summed E-state index contributed by atoms with van der Waals surface area (Å²) < 4.78 is 49.2. The predicted molar refractivity (Wildman–Crippen MR) is 90.4 cm³/mol. The molecule has 0 atom stereocenters. The molecule has 0 fully saturated rings. The molecule has 0 saturated carbocycles. The molecule has 1 aromatic rings. The highest BCUT2D eigenvalue weighted by molar-refractivity contribution is 7.92. The molecule has 0 saturated heterocycles. The van der Waals surface area contributed by atoms with Crippen molar-refractivity contribution in [2.75, 3.05) is 11.5 Å². The Morgan fingerprint density at radius 2 is 1.57 bits per heavy atom. The molecule has 0 amide bonds. The van der Waals surface area contributed by atoms with Gasteiger partial charge in [-0.25, -0.2) is 21.6 Å². The number of nitrogens with zero attached hydrogens (tertiary/aromatic N) is 1. The van der Waals surface area contributed by atoms with Crippen LogP contribution in [0.25, 0.3) is 0 Å². The van der Waals surface area contributed by atoms with Crippen LogP contribution in [0.2, 0.25) is 0 Å². The van der Waals surface area contributed by atoms with Crippen molar-refractivity contribution in [3.8, 4) is 0 Å². The van der Waals surface area contributed by atoms with Crippen LogP contribution < -0.4 is 0 Å². The molecular formula is C15H23NO5S2. The van der Waals surface area contributed by atoms with Crippen molar-refractivity contribution in [2.45, 2.75) is 49.9 Å². The van der Waals surface area contributed by atoms with Gasteiger partial charge in [-0.15, -0.1) is 0 Å².